The summed E-state index contributed by atoms with van der Waals surface area (Å²) in [5.74, 6) is 0. The van der Waals surface area contributed by atoms with Gasteiger partial charge in [0.15, 0.2) is 0 Å². The first-order chi connectivity index (χ1) is 9.09. The third-order valence-corrected chi connectivity index (χ3v) is 3.04. The van der Waals surface area contributed by atoms with Crippen LogP contribution in [-0.4, -0.2) is 48.7 Å². The summed E-state index contributed by atoms with van der Waals surface area (Å²) >= 11 is 0. The number of rotatable bonds is 5. The van der Waals surface area contributed by atoms with Crippen LogP contribution in [0.15, 0.2) is 0 Å². The maximum absolute atomic E-state index is 11.9. The van der Waals surface area contributed by atoms with E-state index in [1.54, 1.807) is 4.90 Å². The van der Waals surface area contributed by atoms with Crippen LogP contribution in [0.1, 0.15) is 41.0 Å². The van der Waals surface area contributed by atoms with Crippen molar-refractivity contribution < 1.29 is 9.59 Å². The Morgan fingerprint density at radius 1 is 1.30 bits per heavy atom. The quantitative estimate of drug-likeness (QED) is 0.716. The molecule has 4 amide bonds. The van der Waals surface area contributed by atoms with E-state index in [9.17, 15) is 9.59 Å². The maximum Gasteiger partial charge on any atom is 0.317 e. The molecule has 116 valence electrons. The van der Waals surface area contributed by atoms with Gasteiger partial charge in [-0.25, -0.2) is 9.59 Å². The number of carbonyl (C=O) groups is 2. The average Bonchev–Trinajstić information content (AvgIpc) is 2.59. The van der Waals surface area contributed by atoms with Crippen molar-refractivity contribution in [3.8, 4) is 0 Å². The molecule has 1 saturated heterocycles. The van der Waals surface area contributed by atoms with E-state index in [2.05, 4.69) is 36.7 Å². The van der Waals surface area contributed by atoms with Gasteiger partial charge in [0.05, 0.1) is 0 Å². The molecule has 1 aliphatic heterocycles. The first-order valence-electron chi connectivity index (χ1n) is 7.18. The number of urea groups is 2. The molecule has 0 aromatic heterocycles. The van der Waals surface area contributed by atoms with Crippen LogP contribution in [-0.2, 0) is 0 Å². The molecule has 1 heterocycles. The zero-order valence-electron chi connectivity index (χ0n) is 13.3. The predicted octanol–water partition coefficient (Wildman–Crippen LogP) is 1.53. The van der Waals surface area contributed by atoms with Gasteiger partial charge in [-0.1, -0.05) is 20.8 Å². The largest absolute Gasteiger partial charge is 0.336 e. The summed E-state index contributed by atoms with van der Waals surface area (Å²) < 4.78 is 0. The molecule has 0 aliphatic carbocycles. The summed E-state index contributed by atoms with van der Waals surface area (Å²) in [6.07, 6.45) is 0.891. The van der Waals surface area contributed by atoms with Crippen LogP contribution in [0, 0.1) is 5.41 Å². The highest BCUT2D eigenvalue weighted by atomic mass is 16.2. The minimum atomic E-state index is -0.257. The van der Waals surface area contributed by atoms with Crippen molar-refractivity contribution in [2.24, 2.45) is 5.41 Å². The second-order valence-electron chi connectivity index (χ2n) is 7.22. The summed E-state index contributed by atoms with van der Waals surface area (Å²) in [6, 6.07) is -0.237. The van der Waals surface area contributed by atoms with E-state index in [0.29, 0.717) is 26.2 Å². The molecule has 6 nitrogen and oxygen atoms in total. The molecule has 3 N–H and O–H groups in total. The number of hydrogen-bond acceptors (Lipinski definition) is 2. The van der Waals surface area contributed by atoms with Gasteiger partial charge in [-0.3, -0.25) is 0 Å². The molecule has 0 aromatic rings. The second kappa shape index (κ2) is 6.33. The van der Waals surface area contributed by atoms with E-state index >= 15 is 0 Å². The van der Waals surface area contributed by atoms with Crippen LogP contribution in [0.4, 0.5) is 9.59 Å². The number of nitrogens with zero attached hydrogens (tertiary/aromatic N) is 1. The summed E-state index contributed by atoms with van der Waals surface area (Å²) in [6.45, 7) is 12.9. The SMILES string of the molecule is CC(C)(C)CC(C)(C)NC(=O)NCCN1CCNC1=O. The van der Waals surface area contributed by atoms with Gasteiger partial charge in [-0.05, 0) is 25.7 Å². The van der Waals surface area contributed by atoms with Gasteiger partial charge in [0.25, 0.3) is 0 Å². The Kier molecular flexibility index (Phi) is 5.25. The van der Waals surface area contributed by atoms with Crippen molar-refractivity contribution in [2.45, 2.75) is 46.6 Å². The van der Waals surface area contributed by atoms with Gasteiger partial charge in [0.1, 0.15) is 0 Å². The Hall–Kier alpha value is -1.46. The Morgan fingerprint density at radius 2 is 1.95 bits per heavy atom. The van der Waals surface area contributed by atoms with E-state index in [-0.39, 0.29) is 23.0 Å². The van der Waals surface area contributed by atoms with E-state index < -0.39 is 0 Å². The van der Waals surface area contributed by atoms with Crippen molar-refractivity contribution in [3.05, 3.63) is 0 Å². The number of amides is 4. The van der Waals surface area contributed by atoms with E-state index in [0.717, 1.165) is 6.42 Å². The molecule has 0 radical (unpaired) electrons. The van der Waals surface area contributed by atoms with Crippen molar-refractivity contribution >= 4 is 12.1 Å². The van der Waals surface area contributed by atoms with Crippen molar-refractivity contribution in [3.63, 3.8) is 0 Å². The van der Waals surface area contributed by atoms with Gasteiger partial charge in [0.2, 0.25) is 0 Å². The number of carbonyl (C=O) groups excluding carboxylic acids is 2. The summed E-state index contributed by atoms with van der Waals surface area (Å²) in [5.41, 5.74) is -0.0994. The topological polar surface area (TPSA) is 73.5 Å². The molecule has 6 heteroatoms. The van der Waals surface area contributed by atoms with Gasteiger partial charge in [0, 0.05) is 31.7 Å². The zero-order valence-corrected chi connectivity index (χ0v) is 13.3. The monoisotopic (exact) mass is 284 g/mol. The third kappa shape index (κ3) is 6.12. The second-order valence-corrected chi connectivity index (χ2v) is 7.22. The fourth-order valence-electron chi connectivity index (χ4n) is 2.75. The molecule has 0 atom stereocenters. The lowest BCUT2D eigenvalue weighted by Crippen LogP contribution is -2.51. The first kappa shape index (κ1) is 16.6. The highest BCUT2D eigenvalue weighted by Gasteiger charge is 2.27. The normalized spacial score (nSPS) is 16.1. The summed E-state index contributed by atoms with van der Waals surface area (Å²) in [7, 11) is 0. The van der Waals surface area contributed by atoms with Crippen LogP contribution in [0.2, 0.25) is 0 Å². The molecule has 1 fully saturated rings. The van der Waals surface area contributed by atoms with Crippen LogP contribution in [0.5, 0.6) is 0 Å². The van der Waals surface area contributed by atoms with Crippen molar-refractivity contribution in [1.82, 2.24) is 20.9 Å². The maximum atomic E-state index is 11.9. The fourth-order valence-corrected chi connectivity index (χ4v) is 2.75. The predicted molar refractivity (Wildman–Crippen MR) is 79.7 cm³/mol. The minimum absolute atomic E-state index is 0.0553. The van der Waals surface area contributed by atoms with Gasteiger partial charge in [-0.2, -0.15) is 0 Å². The van der Waals surface area contributed by atoms with Gasteiger partial charge < -0.3 is 20.9 Å². The highest BCUT2D eigenvalue weighted by Crippen LogP contribution is 2.26. The van der Waals surface area contributed by atoms with Crippen LogP contribution < -0.4 is 16.0 Å². The van der Waals surface area contributed by atoms with Crippen LogP contribution in [0.3, 0.4) is 0 Å². The molecule has 0 aromatic carbocycles. The molecule has 0 bridgehead atoms. The summed E-state index contributed by atoms with van der Waals surface area (Å²) in [5, 5.41) is 8.51. The molecule has 20 heavy (non-hydrogen) atoms. The lowest BCUT2D eigenvalue weighted by molar-refractivity contribution is 0.205. The Balaban J connectivity index is 2.27. The Morgan fingerprint density at radius 3 is 2.45 bits per heavy atom. The minimum Gasteiger partial charge on any atom is -0.336 e. The molecule has 0 saturated carbocycles. The highest BCUT2D eigenvalue weighted by molar-refractivity contribution is 5.76. The Labute approximate surface area is 121 Å². The average molecular weight is 284 g/mol. The standard InChI is InChI=1S/C14H28N4O2/c1-13(2,3)10-14(4,5)17-11(19)15-6-8-18-9-7-16-12(18)20/h6-10H2,1-5H3,(H,16,20)(H2,15,17,19). The zero-order chi connectivity index (χ0) is 15.4. The van der Waals surface area contributed by atoms with Gasteiger partial charge in [-0.15, -0.1) is 0 Å². The smallest absolute Gasteiger partial charge is 0.317 e. The number of hydrogen-bond donors (Lipinski definition) is 3. The lowest BCUT2D eigenvalue weighted by Gasteiger charge is -2.33. The van der Waals surface area contributed by atoms with E-state index in [4.69, 9.17) is 0 Å². The lowest BCUT2D eigenvalue weighted by atomic mass is 9.82. The molecule has 0 spiro atoms. The first-order valence-corrected chi connectivity index (χ1v) is 7.18. The fraction of sp³-hybridized carbons (Fsp3) is 0.857. The van der Waals surface area contributed by atoms with Crippen molar-refractivity contribution in [2.75, 3.05) is 26.2 Å². The molecule has 1 rings (SSSR count). The Bertz CT molecular complexity index is 361. The molecular weight excluding hydrogens is 256 g/mol. The van der Waals surface area contributed by atoms with Crippen LogP contribution >= 0.6 is 0 Å². The molecular formula is C14H28N4O2. The summed E-state index contributed by atoms with van der Waals surface area (Å²) in [4.78, 5) is 24.9. The van der Waals surface area contributed by atoms with Crippen LogP contribution in [0.25, 0.3) is 0 Å². The molecule has 0 unspecified atom stereocenters. The van der Waals surface area contributed by atoms with Gasteiger partial charge >= 0.3 is 12.1 Å². The van der Waals surface area contributed by atoms with Crippen molar-refractivity contribution in [1.29, 1.82) is 0 Å². The number of nitrogens with one attached hydrogen (secondary N) is 3. The van der Waals surface area contributed by atoms with E-state index in [1.165, 1.54) is 0 Å². The van der Waals surface area contributed by atoms with E-state index in [1.807, 2.05) is 13.8 Å². The third-order valence-electron chi connectivity index (χ3n) is 3.04. The molecule has 1 aliphatic rings.